The molecule has 0 N–H and O–H groups in total. The smallest absolute Gasteiger partial charge is 0.238 e. The first-order valence-electron chi connectivity index (χ1n) is 9.61. The van der Waals surface area contributed by atoms with Crippen molar-refractivity contribution in [2.45, 2.75) is 16.4 Å². The second-order valence-corrected chi connectivity index (χ2v) is 13.1. The van der Waals surface area contributed by atoms with Gasteiger partial charge in [0.25, 0.3) is 0 Å². The van der Waals surface area contributed by atoms with Crippen LogP contribution in [0.3, 0.4) is 0 Å². The van der Waals surface area contributed by atoms with Gasteiger partial charge in [0.15, 0.2) is 0 Å². The highest BCUT2D eigenvalue weighted by Gasteiger charge is 2.60. The Morgan fingerprint density at radius 2 is 1.13 bits per heavy atom. The van der Waals surface area contributed by atoms with E-state index in [0.717, 1.165) is 5.71 Å². The van der Waals surface area contributed by atoms with Crippen molar-refractivity contribution in [1.29, 1.82) is 0 Å². The summed E-state index contributed by atoms with van der Waals surface area (Å²) in [5.74, 6) is 0. The summed E-state index contributed by atoms with van der Waals surface area (Å²) in [7, 11) is -2.26. The molecule has 0 aliphatic carbocycles. The number of aliphatic imine (C=N–C) groups is 2. The standard InChI is InChI=1S/C24H21Cl3N2P.BrH/c1-19-17-28-23(29-19,24(25,26)27)18-30(20-11-5-2-6-12-20,21-13-7-3-8-14-21)22-15-9-4-10-16-22;/h2-17H,18H2,1H3;1H/q+1;/p-1. The van der Waals surface area contributed by atoms with Crippen LogP contribution < -0.4 is 32.9 Å². The minimum absolute atomic E-state index is 0. The molecule has 0 radical (unpaired) electrons. The first kappa shape index (κ1) is 24.4. The molecule has 4 rings (SSSR count). The summed E-state index contributed by atoms with van der Waals surface area (Å²) in [6.45, 7) is 1.88. The molecule has 1 heterocycles. The molecular formula is C24H21BrCl3N2P. The third-order valence-corrected chi connectivity index (χ3v) is 10.7. The highest BCUT2D eigenvalue weighted by atomic mass is 79.9. The Hall–Kier alpha value is -1.22. The van der Waals surface area contributed by atoms with Crippen LogP contribution in [0.4, 0.5) is 0 Å². The van der Waals surface area contributed by atoms with Crippen LogP contribution in [0.5, 0.6) is 0 Å². The van der Waals surface area contributed by atoms with Crippen molar-refractivity contribution in [3.05, 3.63) is 91.0 Å². The average Bonchev–Trinajstić information content (AvgIpc) is 3.16. The highest BCUT2D eigenvalue weighted by Crippen LogP contribution is 2.61. The molecule has 1 unspecified atom stereocenters. The number of alkyl halides is 3. The van der Waals surface area contributed by atoms with Gasteiger partial charge < -0.3 is 17.0 Å². The van der Waals surface area contributed by atoms with Gasteiger partial charge in [-0.25, -0.2) is 0 Å². The third-order valence-electron chi connectivity index (χ3n) is 5.33. The first-order chi connectivity index (χ1) is 14.4. The molecule has 0 fully saturated rings. The molecule has 0 spiro atoms. The molecule has 7 heteroatoms. The Labute approximate surface area is 209 Å². The van der Waals surface area contributed by atoms with Gasteiger partial charge in [0.05, 0.1) is 5.71 Å². The van der Waals surface area contributed by atoms with Gasteiger partial charge in [-0.15, -0.1) is 0 Å². The zero-order valence-corrected chi connectivity index (χ0v) is 21.5. The van der Waals surface area contributed by atoms with E-state index in [4.69, 9.17) is 39.8 Å². The summed E-state index contributed by atoms with van der Waals surface area (Å²) in [4.78, 5) is 9.46. The maximum absolute atomic E-state index is 6.56. The van der Waals surface area contributed by atoms with E-state index in [1.807, 2.05) is 25.1 Å². The molecule has 0 bridgehead atoms. The fourth-order valence-electron chi connectivity index (χ4n) is 3.95. The van der Waals surface area contributed by atoms with Gasteiger partial charge in [-0.1, -0.05) is 89.4 Å². The molecule has 1 aliphatic rings. The van der Waals surface area contributed by atoms with Crippen molar-refractivity contribution in [2.75, 3.05) is 6.16 Å². The van der Waals surface area contributed by atoms with E-state index in [1.54, 1.807) is 6.21 Å². The van der Waals surface area contributed by atoms with Crippen LogP contribution >= 0.6 is 42.1 Å². The van der Waals surface area contributed by atoms with Gasteiger partial charge in [0.2, 0.25) is 9.46 Å². The van der Waals surface area contributed by atoms with Crippen molar-refractivity contribution in [3.63, 3.8) is 0 Å². The van der Waals surface area contributed by atoms with E-state index < -0.39 is 16.7 Å². The highest BCUT2D eigenvalue weighted by molar-refractivity contribution is 7.95. The quantitative estimate of drug-likeness (QED) is 0.342. The average molecular weight is 555 g/mol. The van der Waals surface area contributed by atoms with Gasteiger partial charge in [-0.3, -0.25) is 9.98 Å². The molecule has 1 atom stereocenters. The minimum atomic E-state index is -2.26. The number of halogens is 4. The molecule has 0 amide bonds. The van der Waals surface area contributed by atoms with Crippen LogP contribution in [0.2, 0.25) is 0 Å². The number of nitrogens with zero attached hydrogens (tertiary/aromatic N) is 2. The number of hydrogen-bond acceptors (Lipinski definition) is 2. The molecule has 0 aromatic heterocycles. The molecule has 3 aromatic rings. The van der Waals surface area contributed by atoms with Gasteiger partial charge in [0, 0.05) is 6.21 Å². The molecular weight excluding hydrogens is 534 g/mol. The van der Waals surface area contributed by atoms with Crippen molar-refractivity contribution in [1.82, 2.24) is 0 Å². The Bertz CT molecular complexity index is 974. The minimum Gasteiger partial charge on any atom is -1.00 e. The largest absolute Gasteiger partial charge is 1.00 e. The Morgan fingerprint density at radius 1 is 0.742 bits per heavy atom. The van der Waals surface area contributed by atoms with Crippen LogP contribution in [-0.2, 0) is 0 Å². The van der Waals surface area contributed by atoms with Crippen LogP contribution in [0, 0.1) is 0 Å². The normalized spacial score (nSPS) is 18.4. The second-order valence-electron chi connectivity index (χ2n) is 7.30. The maximum atomic E-state index is 6.56. The monoisotopic (exact) mass is 552 g/mol. The molecule has 0 saturated heterocycles. The van der Waals surface area contributed by atoms with Gasteiger partial charge >= 0.3 is 0 Å². The molecule has 160 valence electrons. The van der Waals surface area contributed by atoms with Crippen molar-refractivity contribution in [2.24, 2.45) is 9.98 Å². The number of rotatable bonds is 5. The van der Waals surface area contributed by atoms with Crippen LogP contribution in [0.1, 0.15) is 6.92 Å². The van der Waals surface area contributed by atoms with E-state index in [9.17, 15) is 0 Å². The van der Waals surface area contributed by atoms with E-state index in [1.165, 1.54) is 15.9 Å². The van der Waals surface area contributed by atoms with Crippen LogP contribution in [0.15, 0.2) is 101 Å². The predicted octanol–water partition coefficient (Wildman–Crippen LogP) is 2.60. The lowest BCUT2D eigenvalue weighted by atomic mass is 10.2. The molecule has 2 nitrogen and oxygen atoms in total. The number of benzene rings is 3. The Balaban J connectivity index is 0.00000272. The SMILES string of the molecule is CC1=NC(C[P+](c2ccccc2)(c2ccccc2)c2ccccc2)(C(Cl)(Cl)Cl)N=C1.[Br-]. The predicted molar refractivity (Wildman–Crippen MR) is 135 cm³/mol. The lowest BCUT2D eigenvalue weighted by molar-refractivity contribution is -0.00000595. The number of hydrogen-bond donors (Lipinski definition) is 0. The summed E-state index contributed by atoms with van der Waals surface area (Å²) >= 11 is 19.7. The van der Waals surface area contributed by atoms with Crippen LogP contribution in [-0.4, -0.2) is 27.5 Å². The third kappa shape index (κ3) is 4.63. The van der Waals surface area contributed by atoms with E-state index in [0.29, 0.717) is 6.16 Å². The van der Waals surface area contributed by atoms with Crippen molar-refractivity contribution < 1.29 is 17.0 Å². The van der Waals surface area contributed by atoms with E-state index >= 15 is 0 Å². The Morgan fingerprint density at radius 3 is 1.42 bits per heavy atom. The van der Waals surface area contributed by atoms with Gasteiger partial charge in [0.1, 0.15) is 29.3 Å². The zero-order valence-electron chi connectivity index (χ0n) is 16.8. The van der Waals surface area contributed by atoms with E-state index in [-0.39, 0.29) is 17.0 Å². The first-order valence-corrected chi connectivity index (χ1v) is 12.7. The van der Waals surface area contributed by atoms with Crippen molar-refractivity contribution >= 4 is 69.9 Å². The zero-order chi connectivity index (χ0) is 21.2. The molecule has 1 aliphatic heterocycles. The summed E-state index contributed by atoms with van der Waals surface area (Å²) in [5, 5.41) is 3.60. The summed E-state index contributed by atoms with van der Waals surface area (Å²) in [6.07, 6.45) is 2.18. The summed E-state index contributed by atoms with van der Waals surface area (Å²) in [5.41, 5.74) is -0.439. The lowest BCUT2D eigenvalue weighted by Crippen LogP contribution is -3.00. The van der Waals surface area contributed by atoms with E-state index in [2.05, 4.69) is 77.8 Å². The summed E-state index contributed by atoms with van der Waals surface area (Å²) < 4.78 is -1.69. The second kappa shape index (κ2) is 9.73. The Kier molecular flexibility index (Phi) is 7.66. The summed E-state index contributed by atoms with van der Waals surface area (Å²) in [6, 6.07) is 31.4. The molecule has 0 saturated carbocycles. The van der Waals surface area contributed by atoms with Gasteiger partial charge in [-0.05, 0) is 43.3 Å². The van der Waals surface area contributed by atoms with Crippen LogP contribution in [0.25, 0.3) is 0 Å². The lowest BCUT2D eigenvalue weighted by Gasteiger charge is -2.36. The fourth-order valence-corrected chi connectivity index (χ4v) is 9.24. The molecule has 3 aromatic carbocycles. The maximum Gasteiger partial charge on any atom is 0.238 e. The fraction of sp³-hybridized carbons (Fsp3) is 0.167. The topological polar surface area (TPSA) is 24.7 Å². The van der Waals surface area contributed by atoms with Gasteiger partial charge in [-0.2, -0.15) is 0 Å². The molecule has 31 heavy (non-hydrogen) atoms. The van der Waals surface area contributed by atoms with Crippen molar-refractivity contribution in [3.8, 4) is 0 Å².